The summed E-state index contributed by atoms with van der Waals surface area (Å²) in [6.45, 7) is 0.289. The summed E-state index contributed by atoms with van der Waals surface area (Å²) >= 11 is 4.71. The highest BCUT2D eigenvalue weighted by molar-refractivity contribution is 9.10. The second kappa shape index (κ2) is 9.02. The van der Waals surface area contributed by atoms with E-state index < -0.39 is 0 Å². The van der Waals surface area contributed by atoms with Crippen LogP contribution < -0.4 is 0 Å². The van der Waals surface area contributed by atoms with Crippen LogP contribution in [0.2, 0.25) is 0 Å². The molecule has 0 bridgehead atoms. The molecule has 8 heteroatoms. The van der Waals surface area contributed by atoms with Crippen molar-refractivity contribution in [2.24, 2.45) is 10.2 Å². The average molecular weight is 467 g/mol. The van der Waals surface area contributed by atoms with Crippen molar-refractivity contribution in [3.8, 4) is 0 Å². The lowest BCUT2D eigenvalue weighted by Crippen LogP contribution is -2.28. The van der Waals surface area contributed by atoms with E-state index in [2.05, 4.69) is 31.1 Å². The molecule has 1 saturated heterocycles. The molecule has 29 heavy (non-hydrogen) atoms. The second-order valence-electron chi connectivity index (χ2n) is 6.05. The van der Waals surface area contributed by atoms with E-state index in [4.69, 9.17) is 4.42 Å². The van der Waals surface area contributed by atoms with E-state index in [1.165, 1.54) is 11.8 Å². The fraction of sp³-hybridized carbons (Fsp3) is 0.0476. The minimum Gasteiger partial charge on any atom is -0.467 e. The van der Waals surface area contributed by atoms with E-state index in [9.17, 15) is 4.79 Å². The first-order chi connectivity index (χ1) is 14.2. The van der Waals surface area contributed by atoms with Crippen LogP contribution in [0.1, 0.15) is 16.9 Å². The molecule has 144 valence electrons. The van der Waals surface area contributed by atoms with E-state index in [1.807, 2.05) is 48.5 Å². The number of hydrogen-bond donors (Lipinski definition) is 0. The predicted molar refractivity (Wildman–Crippen MR) is 118 cm³/mol. The van der Waals surface area contributed by atoms with E-state index in [0.717, 1.165) is 15.6 Å². The van der Waals surface area contributed by atoms with Crippen molar-refractivity contribution in [2.75, 3.05) is 0 Å². The standard InChI is InChI=1S/C21H15BrN4O2S/c22-17-7-5-15(6-8-17)11-19-20(27)26(14-18-4-2-10-28-18)21(29-19)25-24-13-16-3-1-9-23-12-16/h1-13H,14H2/b19-11-,24-13+,25-21-. The van der Waals surface area contributed by atoms with Crippen molar-refractivity contribution in [3.05, 3.63) is 93.5 Å². The topological polar surface area (TPSA) is 71.1 Å². The van der Waals surface area contributed by atoms with Gasteiger partial charge >= 0.3 is 0 Å². The highest BCUT2D eigenvalue weighted by Crippen LogP contribution is 2.34. The molecule has 0 aliphatic carbocycles. The number of nitrogens with zero attached hydrogens (tertiary/aromatic N) is 4. The number of furan rings is 1. The molecule has 1 aliphatic heterocycles. The molecule has 0 unspecified atom stereocenters. The van der Waals surface area contributed by atoms with Crippen LogP contribution in [0, 0.1) is 0 Å². The molecule has 0 saturated carbocycles. The van der Waals surface area contributed by atoms with Crippen LogP contribution in [0.5, 0.6) is 0 Å². The molecule has 0 N–H and O–H groups in total. The van der Waals surface area contributed by atoms with Gasteiger partial charge in [0.25, 0.3) is 5.91 Å². The van der Waals surface area contributed by atoms with Crippen LogP contribution >= 0.6 is 27.7 Å². The van der Waals surface area contributed by atoms with Gasteiger partial charge < -0.3 is 4.42 Å². The van der Waals surface area contributed by atoms with Gasteiger partial charge in [-0.05, 0) is 53.7 Å². The largest absolute Gasteiger partial charge is 0.467 e. The van der Waals surface area contributed by atoms with E-state index in [1.54, 1.807) is 35.8 Å². The van der Waals surface area contributed by atoms with Gasteiger partial charge in [-0.25, -0.2) is 0 Å². The van der Waals surface area contributed by atoms with Crippen LogP contribution in [-0.4, -0.2) is 27.2 Å². The molecule has 0 radical (unpaired) electrons. The maximum absolute atomic E-state index is 13.0. The Morgan fingerprint density at radius 3 is 2.72 bits per heavy atom. The summed E-state index contributed by atoms with van der Waals surface area (Å²) < 4.78 is 6.39. The normalized spacial score (nSPS) is 17.1. The van der Waals surface area contributed by atoms with Gasteiger partial charge in [0.2, 0.25) is 0 Å². The minimum absolute atomic E-state index is 0.135. The van der Waals surface area contributed by atoms with Crippen molar-refractivity contribution in [1.82, 2.24) is 9.88 Å². The zero-order valence-corrected chi connectivity index (χ0v) is 17.5. The van der Waals surface area contributed by atoms with Crippen LogP contribution in [0.15, 0.2) is 91.2 Å². The maximum Gasteiger partial charge on any atom is 0.267 e. The molecule has 1 fully saturated rings. The summed E-state index contributed by atoms with van der Waals surface area (Å²) in [5, 5.41) is 8.90. The first-order valence-electron chi connectivity index (χ1n) is 8.69. The van der Waals surface area contributed by atoms with Gasteiger partial charge in [0.05, 0.1) is 23.9 Å². The summed E-state index contributed by atoms with van der Waals surface area (Å²) in [7, 11) is 0. The Kier molecular flexibility index (Phi) is 6.02. The summed E-state index contributed by atoms with van der Waals surface area (Å²) in [5.74, 6) is 0.539. The third kappa shape index (κ3) is 4.90. The van der Waals surface area contributed by atoms with Gasteiger partial charge in [-0.3, -0.25) is 14.7 Å². The Bertz CT molecular complexity index is 1080. The van der Waals surface area contributed by atoms with Gasteiger partial charge in [0.1, 0.15) is 5.76 Å². The molecule has 0 spiro atoms. The summed E-state index contributed by atoms with van der Waals surface area (Å²) in [5.41, 5.74) is 1.76. The number of hydrogen-bond acceptors (Lipinski definition) is 6. The molecule has 1 aromatic carbocycles. The number of thioether (sulfide) groups is 1. The van der Waals surface area contributed by atoms with Crippen LogP contribution in [0.25, 0.3) is 6.08 Å². The molecule has 0 atom stereocenters. The summed E-state index contributed by atoms with van der Waals surface area (Å²) in [4.78, 5) is 19.2. The lowest BCUT2D eigenvalue weighted by atomic mass is 10.2. The Balaban J connectivity index is 1.61. The van der Waals surface area contributed by atoms with Crippen LogP contribution in [0.4, 0.5) is 0 Å². The Morgan fingerprint density at radius 2 is 2.00 bits per heavy atom. The van der Waals surface area contributed by atoms with Crippen LogP contribution in [-0.2, 0) is 11.3 Å². The summed E-state index contributed by atoms with van der Waals surface area (Å²) in [6.07, 6.45) is 8.42. The van der Waals surface area contributed by atoms with Gasteiger partial charge in [0, 0.05) is 22.4 Å². The highest BCUT2D eigenvalue weighted by Gasteiger charge is 2.34. The molecule has 3 heterocycles. The third-order valence-corrected chi connectivity index (χ3v) is 5.51. The number of amidine groups is 1. The molecular formula is C21H15BrN4O2S. The SMILES string of the molecule is O=C1/C(=C/c2ccc(Br)cc2)S/C(=N\N=C\c2cccnc2)N1Cc1ccco1. The number of amides is 1. The van der Waals surface area contributed by atoms with Crippen molar-refractivity contribution in [1.29, 1.82) is 0 Å². The number of carbonyl (C=O) groups excluding carboxylic acids is 1. The maximum atomic E-state index is 13.0. The Labute approximate surface area is 180 Å². The van der Waals surface area contributed by atoms with E-state index in [0.29, 0.717) is 15.8 Å². The zero-order valence-electron chi connectivity index (χ0n) is 15.1. The minimum atomic E-state index is -0.135. The predicted octanol–water partition coefficient (Wildman–Crippen LogP) is 4.94. The second-order valence-corrected chi connectivity index (χ2v) is 7.97. The molecule has 1 aliphatic rings. The Morgan fingerprint density at radius 1 is 1.14 bits per heavy atom. The fourth-order valence-electron chi connectivity index (χ4n) is 2.59. The first-order valence-corrected chi connectivity index (χ1v) is 10.3. The van der Waals surface area contributed by atoms with E-state index >= 15 is 0 Å². The number of aromatic nitrogens is 1. The van der Waals surface area contributed by atoms with Crippen molar-refractivity contribution < 1.29 is 9.21 Å². The van der Waals surface area contributed by atoms with Crippen molar-refractivity contribution >= 4 is 51.1 Å². The molecule has 4 rings (SSSR count). The summed E-state index contributed by atoms with van der Waals surface area (Å²) in [6, 6.07) is 15.1. The lowest BCUT2D eigenvalue weighted by Gasteiger charge is -2.12. The third-order valence-electron chi connectivity index (χ3n) is 3.98. The number of carbonyl (C=O) groups is 1. The lowest BCUT2D eigenvalue weighted by molar-refractivity contribution is -0.122. The van der Waals surface area contributed by atoms with Gasteiger partial charge in [-0.15, -0.1) is 5.10 Å². The quantitative estimate of drug-likeness (QED) is 0.303. The first kappa shape index (κ1) is 19.4. The number of benzene rings is 1. The van der Waals surface area contributed by atoms with Crippen molar-refractivity contribution in [3.63, 3.8) is 0 Å². The smallest absolute Gasteiger partial charge is 0.267 e. The molecule has 1 amide bonds. The fourth-order valence-corrected chi connectivity index (χ4v) is 3.79. The molecule has 2 aromatic heterocycles. The van der Waals surface area contributed by atoms with Crippen LogP contribution in [0.3, 0.4) is 0 Å². The average Bonchev–Trinajstić information content (AvgIpc) is 3.35. The highest BCUT2D eigenvalue weighted by atomic mass is 79.9. The zero-order chi connectivity index (χ0) is 20.1. The Hall–Kier alpha value is -2.97. The number of pyridine rings is 1. The van der Waals surface area contributed by atoms with E-state index in [-0.39, 0.29) is 12.5 Å². The number of halogens is 1. The molecule has 6 nitrogen and oxygen atoms in total. The molecular weight excluding hydrogens is 452 g/mol. The monoisotopic (exact) mass is 466 g/mol. The van der Waals surface area contributed by atoms with Gasteiger partial charge in [-0.1, -0.05) is 34.1 Å². The van der Waals surface area contributed by atoms with Gasteiger partial charge in [0.15, 0.2) is 5.17 Å². The molecule has 3 aromatic rings. The van der Waals surface area contributed by atoms with Crippen molar-refractivity contribution in [2.45, 2.75) is 6.54 Å². The number of rotatable bonds is 5. The van der Waals surface area contributed by atoms with Gasteiger partial charge in [-0.2, -0.15) is 5.10 Å².